The van der Waals surface area contributed by atoms with Gasteiger partial charge in [-0.1, -0.05) is 71.1 Å². The molecule has 0 aromatic rings. The molecule has 1 fully saturated rings. The Hall–Kier alpha value is -0.0400. The van der Waals surface area contributed by atoms with Crippen LogP contribution in [-0.2, 0) is 0 Å². The van der Waals surface area contributed by atoms with Gasteiger partial charge in [-0.2, -0.15) is 0 Å². The van der Waals surface area contributed by atoms with E-state index in [1.54, 1.807) is 0 Å². The Morgan fingerprint density at radius 3 is 2.06 bits per heavy atom. The zero-order valence-corrected chi connectivity index (χ0v) is 12.8. The topological polar surface area (TPSA) is 12.0 Å². The first-order chi connectivity index (χ1) is 8.83. The highest BCUT2D eigenvalue weighted by Gasteiger charge is 2.16. The molecule has 108 valence electrons. The van der Waals surface area contributed by atoms with Crippen LogP contribution in [0.1, 0.15) is 97.3 Å². The molecule has 0 radical (unpaired) electrons. The summed E-state index contributed by atoms with van der Waals surface area (Å²) < 4.78 is 0. The van der Waals surface area contributed by atoms with Gasteiger partial charge in [0.25, 0.3) is 0 Å². The minimum Gasteiger partial charge on any atom is -0.312 e. The molecule has 1 N–H and O–H groups in total. The maximum Gasteiger partial charge on any atom is 0.00695 e. The molecule has 1 saturated heterocycles. The van der Waals surface area contributed by atoms with Gasteiger partial charge in [-0.15, -0.1) is 0 Å². The lowest BCUT2D eigenvalue weighted by Gasteiger charge is -2.28. The number of piperidine rings is 1. The van der Waals surface area contributed by atoms with E-state index in [0.29, 0.717) is 0 Å². The van der Waals surface area contributed by atoms with Crippen molar-refractivity contribution in [1.29, 1.82) is 0 Å². The minimum absolute atomic E-state index is 0.766. The van der Waals surface area contributed by atoms with E-state index in [9.17, 15) is 0 Å². The molecule has 0 spiro atoms. The molecule has 0 amide bonds. The number of hydrogen-bond donors (Lipinski definition) is 1. The highest BCUT2D eigenvalue weighted by atomic mass is 15.0. The minimum atomic E-state index is 0.766. The third-order valence-corrected chi connectivity index (χ3v) is 4.37. The molecule has 0 aliphatic carbocycles. The second-order valence-electron chi connectivity index (χ2n) is 6.31. The molecule has 2 atom stereocenters. The van der Waals surface area contributed by atoms with Crippen LogP contribution in [0.3, 0.4) is 0 Å². The van der Waals surface area contributed by atoms with E-state index in [4.69, 9.17) is 0 Å². The molecular formula is C17H35N. The van der Waals surface area contributed by atoms with E-state index in [0.717, 1.165) is 12.1 Å². The van der Waals surface area contributed by atoms with Crippen LogP contribution in [0.4, 0.5) is 0 Å². The summed E-state index contributed by atoms with van der Waals surface area (Å²) >= 11 is 0. The van der Waals surface area contributed by atoms with Gasteiger partial charge in [0.2, 0.25) is 0 Å². The third kappa shape index (κ3) is 8.13. The summed E-state index contributed by atoms with van der Waals surface area (Å²) in [4.78, 5) is 0. The van der Waals surface area contributed by atoms with Crippen molar-refractivity contribution >= 4 is 0 Å². The quantitative estimate of drug-likeness (QED) is 0.511. The molecule has 1 aliphatic heterocycles. The van der Waals surface area contributed by atoms with Gasteiger partial charge in [0.05, 0.1) is 0 Å². The maximum atomic E-state index is 3.74. The van der Waals surface area contributed by atoms with E-state index < -0.39 is 0 Å². The molecule has 1 unspecified atom stereocenters. The summed E-state index contributed by atoms with van der Waals surface area (Å²) in [6.45, 7) is 4.63. The first-order valence-electron chi connectivity index (χ1n) is 8.59. The lowest BCUT2D eigenvalue weighted by Crippen LogP contribution is -2.40. The second kappa shape index (κ2) is 10.8. The van der Waals surface area contributed by atoms with Gasteiger partial charge < -0.3 is 5.32 Å². The lowest BCUT2D eigenvalue weighted by molar-refractivity contribution is 0.314. The van der Waals surface area contributed by atoms with Crippen molar-refractivity contribution in [2.24, 2.45) is 0 Å². The fraction of sp³-hybridized carbons (Fsp3) is 1.00. The summed E-state index contributed by atoms with van der Waals surface area (Å²) in [5, 5.41) is 3.74. The smallest absolute Gasteiger partial charge is 0.00695 e. The number of rotatable bonds is 10. The molecule has 1 heteroatoms. The van der Waals surface area contributed by atoms with E-state index in [1.165, 1.54) is 83.5 Å². The average molecular weight is 253 g/mol. The predicted molar refractivity (Wildman–Crippen MR) is 82.1 cm³/mol. The summed E-state index contributed by atoms with van der Waals surface area (Å²) in [6.07, 6.45) is 18.7. The Balaban J connectivity index is 1.80. The van der Waals surface area contributed by atoms with Gasteiger partial charge in [-0.05, 0) is 26.2 Å². The standard InChI is InChI=1S/C17H35N/c1-3-4-5-6-7-8-9-10-11-14-17-15-12-13-16(2)18-17/h16-18H,3-15H2,1-2H3/t16-,17?/m1/s1. The molecule has 1 nitrogen and oxygen atoms in total. The van der Waals surface area contributed by atoms with Gasteiger partial charge in [0, 0.05) is 12.1 Å². The van der Waals surface area contributed by atoms with Crippen LogP contribution >= 0.6 is 0 Å². The molecule has 1 rings (SSSR count). The van der Waals surface area contributed by atoms with Gasteiger partial charge >= 0.3 is 0 Å². The molecule has 0 saturated carbocycles. The van der Waals surface area contributed by atoms with E-state index >= 15 is 0 Å². The van der Waals surface area contributed by atoms with Crippen LogP contribution in [0.25, 0.3) is 0 Å². The molecule has 0 bridgehead atoms. The van der Waals surface area contributed by atoms with Crippen molar-refractivity contribution in [1.82, 2.24) is 5.32 Å². The Morgan fingerprint density at radius 1 is 0.833 bits per heavy atom. The Bertz CT molecular complexity index is 178. The molecule has 0 aromatic carbocycles. The van der Waals surface area contributed by atoms with Crippen molar-refractivity contribution in [3.05, 3.63) is 0 Å². The predicted octanol–water partition coefficient (Wildman–Crippen LogP) is 5.44. The third-order valence-electron chi connectivity index (χ3n) is 4.37. The summed E-state index contributed by atoms with van der Waals surface area (Å²) in [7, 11) is 0. The van der Waals surface area contributed by atoms with Crippen LogP contribution in [0.5, 0.6) is 0 Å². The molecule has 18 heavy (non-hydrogen) atoms. The van der Waals surface area contributed by atoms with Gasteiger partial charge in [-0.25, -0.2) is 0 Å². The van der Waals surface area contributed by atoms with Crippen molar-refractivity contribution in [2.75, 3.05) is 0 Å². The van der Waals surface area contributed by atoms with Crippen molar-refractivity contribution < 1.29 is 0 Å². The van der Waals surface area contributed by atoms with Crippen molar-refractivity contribution in [3.63, 3.8) is 0 Å². The summed E-state index contributed by atoms with van der Waals surface area (Å²) in [5.41, 5.74) is 0. The monoisotopic (exact) mass is 253 g/mol. The Labute approximate surface area is 115 Å². The number of nitrogens with one attached hydrogen (secondary N) is 1. The largest absolute Gasteiger partial charge is 0.312 e. The summed E-state index contributed by atoms with van der Waals surface area (Å²) in [6, 6.07) is 1.60. The second-order valence-corrected chi connectivity index (χ2v) is 6.31. The van der Waals surface area contributed by atoms with Crippen LogP contribution < -0.4 is 5.32 Å². The van der Waals surface area contributed by atoms with E-state index in [1.807, 2.05) is 0 Å². The normalized spacial score (nSPS) is 24.3. The maximum absolute atomic E-state index is 3.74. The number of unbranched alkanes of at least 4 members (excludes halogenated alkanes) is 8. The SMILES string of the molecule is CCCCCCCCCCCC1CCC[C@@H](C)N1. The first kappa shape index (κ1) is 16.0. The Kier molecular flexibility index (Phi) is 9.65. The average Bonchev–Trinajstić information content (AvgIpc) is 2.37. The summed E-state index contributed by atoms with van der Waals surface area (Å²) in [5.74, 6) is 0. The lowest BCUT2D eigenvalue weighted by atomic mass is 9.95. The van der Waals surface area contributed by atoms with Crippen LogP contribution in [0.2, 0.25) is 0 Å². The van der Waals surface area contributed by atoms with Crippen molar-refractivity contribution in [2.45, 2.75) is 109 Å². The molecule has 0 aromatic heterocycles. The first-order valence-corrected chi connectivity index (χ1v) is 8.59. The Morgan fingerprint density at radius 2 is 1.44 bits per heavy atom. The zero-order chi connectivity index (χ0) is 13.1. The molecule has 1 heterocycles. The van der Waals surface area contributed by atoms with Crippen molar-refractivity contribution in [3.8, 4) is 0 Å². The van der Waals surface area contributed by atoms with E-state index in [2.05, 4.69) is 19.2 Å². The van der Waals surface area contributed by atoms with Crippen LogP contribution in [0, 0.1) is 0 Å². The van der Waals surface area contributed by atoms with E-state index in [-0.39, 0.29) is 0 Å². The highest BCUT2D eigenvalue weighted by molar-refractivity contribution is 4.77. The van der Waals surface area contributed by atoms with Gasteiger partial charge in [0.15, 0.2) is 0 Å². The fourth-order valence-electron chi connectivity index (χ4n) is 3.17. The zero-order valence-electron chi connectivity index (χ0n) is 12.8. The molecular weight excluding hydrogens is 218 g/mol. The fourth-order valence-corrected chi connectivity index (χ4v) is 3.17. The van der Waals surface area contributed by atoms with Crippen LogP contribution in [0.15, 0.2) is 0 Å². The highest BCUT2D eigenvalue weighted by Crippen LogP contribution is 2.18. The molecule has 1 aliphatic rings. The van der Waals surface area contributed by atoms with Gasteiger partial charge in [-0.3, -0.25) is 0 Å². The van der Waals surface area contributed by atoms with Crippen LogP contribution in [-0.4, -0.2) is 12.1 Å². The van der Waals surface area contributed by atoms with Gasteiger partial charge in [0.1, 0.15) is 0 Å². The number of hydrogen-bond acceptors (Lipinski definition) is 1.